The summed E-state index contributed by atoms with van der Waals surface area (Å²) >= 11 is 1.51. The minimum atomic E-state index is -0.466. The molecule has 2 fully saturated rings. The molecule has 0 aliphatic carbocycles. The molecule has 8 heteroatoms. The molecule has 3 amide bonds. The van der Waals surface area contributed by atoms with Crippen LogP contribution in [0.15, 0.2) is 0 Å². The molecule has 0 aromatic carbocycles. The molecule has 2 rings (SSSR count). The molecule has 124 valence electrons. The predicted molar refractivity (Wildman–Crippen MR) is 83.5 cm³/mol. The SMILES string of the molecule is CS[C@@H](C)C(=O)N1CCN(C(=O)C(=O)N2CCOCC2)CC1. The lowest BCUT2D eigenvalue weighted by Crippen LogP contribution is -2.56. The van der Waals surface area contributed by atoms with Gasteiger partial charge in [-0.25, -0.2) is 0 Å². The summed E-state index contributed by atoms with van der Waals surface area (Å²) in [5.74, 6) is -0.827. The van der Waals surface area contributed by atoms with Crippen LogP contribution in [-0.4, -0.2) is 96.4 Å². The number of amides is 3. The lowest BCUT2D eigenvalue weighted by Gasteiger charge is -2.36. The van der Waals surface area contributed by atoms with Gasteiger partial charge in [0.2, 0.25) is 5.91 Å². The quantitative estimate of drug-likeness (QED) is 0.625. The summed E-state index contributed by atoms with van der Waals surface area (Å²) in [5, 5.41) is -0.0720. The minimum absolute atomic E-state index is 0.0720. The van der Waals surface area contributed by atoms with Crippen LogP contribution < -0.4 is 0 Å². The molecule has 2 aliphatic rings. The van der Waals surface area contributed by atoms with Crippen molar-refractivity contribution in [2.75, 3.05) is 58.7 Å². The van der Waals surface area contributed by atoms with Crippen molar-refractivity contribution in [3.8, 4) is 0 Å². The first kappa shape index (κ1) is 17.1. The van der Waals surface area contributed by atoms with E-state index in [4.69, 9.17) is 4.74 Å². The summed E-state index contributed by atoms with van der Waals surface area (Å²) in [5.41, 5.74) is 0. The fraction of sp³-hybridized carbons (Fsp3) is 0.786. The van der Waals surface area contributed by atoms with E-state index in [1.54, 1.807) is 14.7 Å². The first-order valence-electron chi connectivity index (χ1n) is 7.52. The number of nitrogens with zero attached hydrogens (tertiary/aromatic N) is 3. The zero-order valence-corrected chi connectivity index (χ0v) is 13.9. The van der Waals surface area contributed by atoms with Crippen LogP contribution in [0.5, 0.6) is 0 Å². The Morgan fingerprint density at radius 1 is 0.864 bits per heavy atom. The smallest absolute Gasteiger partial charge is 0.312 e. The van der Waals surface area contributed by atoms with Gasteiger partial charge in [0, 0.05) is 39.3 Å². The second kappa shape index (κ2) is 7.82. The maximum Gasteiger partial charge on any atom is 0.312 e. The van der Waals surface area contributed by atoms with Crippen molar-refractivity contribution in [1.29, 1.82) is 0 Å². The first-order valence-corrected chi connectivity index (χ1v) is 8.81. The number of thioether (sulfide) groups is 1. The standard InChI is InChI=1S/C14H23N3O4S/c1-11(22-2)12(18)15-3-5-16(6-4-15)13(19)14(20)17-7-9-21-10-8-17/h11H,3-10H2,1-2H3/t11-/m0/s1. The van der Waals surface area contributed by atoms with Crippen molar-refractivity contribution in [2.45, 2.75) is 12.2 Å². The fourth-order valence-electron chi connectivity index (χ4n) is 2.52. The Kier molecular flexibility index (Phi) is 6.07. The highest BCUT2D eigenvalue weighted by Crippen LogP contribution is 2.12. The third-order valence-electron chi connectivity index (χ3n) is 4.06. The maximum absolute atomic E-state index is 12.3. The minimum Gasteiger partial charge on any atom is -0.378 e. The number of rotatable bonds is 2. The molecule has 0 bridgehead atoms. The Morgan fingerprint density at radius 2 is 1.32 bits per heavy atom. The zero-order valence-electron chi connectivity index (χ0n) is 13.1. The van der Waals surface area contributed by atoms with E-state index in [0.29, 0.717) is 52.5 Å². The van der Waals surface area contributed by atoms with Gasteiger partial charge in [0.25, 0.3) is 0 Å². The molecule has 0 radical (unpaired) electrons. The van der Waals surface area contributed by atoms with Crippen LogP contribution >= 0.6 is 11.8 Å². The first-order chi connectivity index (χ1) is 10.5. The van der Waals surface area contributed by atoms with Crippen molar-refractivity contribution in [3.05, 3.63) is 0 Å². The van der Waals surface area contributed by atoms with Gasteiger partial charge in [-0.15, -0.1) is 0 Å². The van der Waals surface area contributed by atoms with Crippen LogP contribution in [0.25, 0.3) is 0 Å². The van der Waals surface area contributed by atoms with Crippen molar-refractivity contribution in [2.24, 2.45) is 0 Å². The zero-order chi connectivity index (χ0) is 16.1. The second-order valence-corrected chi connectivity index (χ2v) is 6.58. The Bertz CT molecular complexity index is 432. The van der Waals surface area contributed by atoms with E-state index in [2.05, 4.69) is 0 Å². The van der Waals surface area contributed by atoms with E-state index in [1.165, 1.54) is 11.8 Å². The molecule has 0 spiro atoms. The predicted octanol–water partition coefficient (Wildman–Crippen LogP) is -0.732. The normalized spacial score (nSPS) is 20.7. The summed E-state index contributed by atoms with van der Waals surface area (Å²) in [4.78, 5) is 41.4. The van der Waals surface area contributed by atoms with Crippen LogP contribution in [0, 0.1) is 0 Å². The highest BCUT2D eigenvalue weighted by Gasteiger charge is 2.32. The van der Waals surface area contributed by atoms with Crippen LogP contribution in [0.4, 0.5) is 0 Å². The Labute approximate surface area is 134 Å². The molecule has 2 heterocycles. The molecule has 0 saturated carbocycles. The molecule has 0 aromatic heterocycles. The molecular formula is C14H23N3O4S. The highest BCUT2D eigenvalue weighted by atomic mass is 32.2. The van der Waals surface area contributed by atoms with Gasteiger partial charge in [0.1, 0.15) is 0 Å². The largest absolute Gasteiger partial charge is 0.378 e. The van der Waals surface area contributed by atoms with Crippen molar-refractivity contribution < 1.29 is 19.1 Å². The topological polar surface area (TPSA) is 70.2 Å². The van der Waals surface area contributed by atoms with Gasteiger partial charge in [-0.3, -0.25) is 14.4 Å². The van der Waals surface area contributed by atoms with Gasteiger partial charge >= 0.3 is 11.8 Å². The van der Waals surface area contributed by atoms with Crippen LogP contribution in [-0.2, 0) is 19.1 Å². The summed E-state index contributed by atoms with van der Waals surface area (Å²) < 4.78 is 5.18. The number of hydrogen-bond acceptors (Lipinski definition) is 5. The van der Waals surface area contributed by atoms with Crippen LogP contribution in [0.3, 0.4) is 0 Å². The van der Waals surface area contributed by atoms with Gasteiger partial charge < -0.3 is 19.4 Å². The maximum atomic E-state index is 12.3. The van der Waals surface area contributed by atoms with E-state index in [0.717, 1.165) is 0 Å². The number of carbonyl (C=O) groups excluding carboxylic acids is 3. The molecule has 0 aromatic rings. The summed E-state index contributed by atoms with van der Waals surface area (Å²) in [6, 6.07) is 0. The number of hydrogen-bond donors (Lipinski definition) is 0. The van der Waals surface area contributed by atoms with Crippen LogP contribution in [0.1, 0.15) is 6.92 Å². The van der Waals surface area contributed by atoms with Gasteiger partial charge in [-0.1, -0.05) is 0 Å². The number of piperazine rings is 1. The van der Waals surface area contributed by atoms with Crippen molar-refractivity contribution in [3.63, 3.8) is 0 Å². The van der Waals surface area contributed by atoms with E-state index in [-0.39, 0.29) is 11.2 Å². The third kappa shape index (κ3) is 3.92. The number of ether oxygens (including phenoxy) is 1. The Hall–Kier alpha value is -1.28. The molecule has 0 N–H and O–H groups in total. The second-order valence-electron chi connectivity index (χ2n) is 5.40. The molecule has 2 aliphatic heterocycles. The summed E-state index contributed by atoms with van der Waals surface area (Å²) in [6.45, 7) is 5.60. The van der Waals surface area contributed by atoms with Crippen molar-refractivity contribution in [1.82, 2.24) is 14.7 Å². The number of morpholine rings is 1. The summed E-state index contributed by atoms with van der Waals surface area (Å²) in [7, 11) is 0. The van der Waals surface area contributed by atoms with Crippen LogP contribution in [0.2, 0.25) is 0 Å². The Morgan fingerprint density at radius 3 is 1.82 bits per heavy atom. The molecule has 22 heavy (non-hydrogen) atoms. The molecular weight excluding hydrogens is 306 g/mol. The molecule has 2 saturated heterocycles. The van der Waals surface area contributed by atoms with E-state index < -0.39 is 11.8 Å². The van der Waals surface area contributed by atoms with Gasteiger partial charge in [0.15, 0.2) is 0 Å². The number of carbonyl (C=O) groups is 3. The molecule has 0 unspecified atom stereocenters. The molecule has 1 atom stereocenters. The van der Waals surface area contributed by atoms with Gasteiger partial charge in [-0.2, -0.15) is 11.8 Å². The van der Waals surface area contributed by atoms with Crippen molar-refractivity contribution >= 4 is 29.5 Å². The summed E-state index contributed by atoms with van der Waals surface area (Å²) in [6.07, 6.45) is 1.91. The highest BCUT2D eigenvalue weighted by molar-refractivity contribution is 7.99. The van der Waals surface area contributed by atoms with Gasteiger partial charge in [-0.05, 0) is 13.2 Å². The van der Waals surface area contributed by atoms with E-state index >= 15 is 0 Å². The fourth-order valence-corrected chi connectivity index (χ4v) is 2.88. The lowest BCUT2D eigenvalue weighted by molar-refractivity contribution is -0.155. The van der Waals surface area contributed by atoms with Gasteiger partial charge in [0.05, 0.1) is 18.5 Å². The monoisotopic (exact) mass is 329 g/mol. The van der Waals surface area contributed by atoms with E-state index in [1.807, 2.05) is 13.2 Å². The molecule has 7 nitrogen and oxygen atoms in total. The average Bonchev–Trinajstić information content (AvgIpc) is 2.60. The van der Waals surface area contributed by atoms with E-state index in [9.17, 15) is 14.4 Å². The average molecular weight is 329 g/mol. The lowest BCUT2D eigenvalue weighted by atomic mass is 10.2. The Balaban J connectivity index is 1.84. The third-order valence-corrected chi connectivity index (χ3v) is 4.97.